The van der Waals surface area contributed by atoms with E-state index < -0.39 is 0 Å². The second kappa shape index (κ2) is 9.77. The predicted molar refractivity (Wildman–Crippen MR) is 121 cm³/mol. The number of ether oxygens (including phenoxy) is 2. The number of rotatable bonds is 8. The first-order chi connectivity index (χ1) is 14.0. The van der Waals surface area contributed by atoms with E-state index in [4.69, 9.17) is 21.1 Å². The van der Waals surface area contributed by atoms with E-state index in [1.807, 2.05) is 30.3 Å². The number of methoxy groups -OCH3 is 1. The third kappa shape index (κ3) is 5.72. The van der Waals surface area contributed by atoms with Crippen LogP contribution < -0.4 is 9.47 Å². The number of benzene rings is 2. The second-order valence-corrected chi connectivity index (χ2v) is 8.60. The van der Waals surface area contributed by atoms with Gasteiger partial charge >= 0.3 is 0 Å². The molecule has 1 heterocycles. The molecular weight excluding hydrogens is 404 g/mol. The molecule has 5 heteroatoms. The molecule has 0 atom stereocenters. The molecule has 0 spiro atoms. The fourth-order valence-electron chi connectivity index (χ4n) is 2.83. The molecular formula is C24H23ClO3S. The number of allylic oxidation sites excluding steroid dienone is 1. The predicted octanol–water partition coefficient (Wildman–Crippen LogP) is 7.01. The van der Waals surface area contributed by atoms with Crippen molar-refractivity contribution in [1.29, 1.82) is 0 Å². The first-order valence-corrected chi connectivity index (χ1v) is 10.5. The molecule has 150 valence electrons. The Hall–Kier alpha value is -2.56. The summed E-state index contributed by atoms with van der Waals surface area (Å²) in [7, 11) is 1.63. The molecule has 3 aromatic rings. The molecule has 0 fully saturated rings. The summed E-state index contributed by atoms with van der Waals surface area (Å²) in [5, 5.41) is 0. The molecule has 0 saturated heterocycles. The van der Waals surface area contributed by atoms with Gasteiger partial charge in [-0.15, -0.1) is 11.3 Å². The van der Waals surface area contributed by atoms with Gasteiger partial charge in [-0.05, 0) is 59.5 Å². The average molecular weight is 427 g/mol. The summed E-state index contributed by atoms with van der Waals surface area (Å²) < 4.78 is 12.0. The maximum atomic E-state index is 12.2. The van der Waals surface area contributed by atoms with Gasteiger partial charge in [-0.3, -0.25) is 4.79 Å². The van der Waals surface area contributed by atoms with Crippen LogP contribution in [0.2, 0.25) is 4.34 Å². The highest BCUT2D eigenvalue weighted by atomic mass is 35.5. The van der Waals surface area contributed by atoms with Crippen LogP contribution in [0.5, 0.6) is 11.5 Å². The van der Waals surface area contributed by atoms with Gasteiger partial charge in [0.2, 0.25) is 0 Å². The lowest BCUT2D eigenvalue weighted by molar-refractivity contribution is 0.105. The topological polar surface area (TPSA) is 35.5 Å². The van der Waals surface area contributed by atoms with Crippen molar-refractivity contribution >= 4 is 34.8 Å². The summed E-state index contributed by atoms with van der Waals surface area (Å²) in [6.45, 7) is 4.70. The van der Waals surface area contributed by atoms with Crippen molar-refractivity contribution in [3.8, 4) is 11.5 Å². The molecule has 0 aliphatic rings. The Balaban J connectivity index is 1.71. The lowest BCUT2D eigenvalue weighted by Crippen LogP contribution is -2.00. The molecule has 0 aliphatic heterocycles. The summed E-state index contributed by atoms with van der Waals surface area (Å²) in [4.78, 5) is 12.9. The van der Waals surface area contributed by atoms with Crippen molar-refractivity contribution in [2.24, 2.45) is 0 Å². The van der Waals surface area contributed by atoms with Gasteiger partial charge < -0.3 is 9.47 Å². The molecule has 0 unspecified atom stereocenters. The molecule has 0 radical (unpaired) electrons. The Morgan fingerprint density at radius 2 is 1.86 bits per heavy atom. The van der Waals surface area contributed by atoms with E-state index in [-0.39, 0.29) is 5.78 Å². The number of halogens is 1. The van der Waals surface area contributed by atoms with Gasteiger partial charge in [0.25, 0.3) is 0 Å². The Kier molecular flexibility index (Phi) is 7.13. The molecule has 0 N–H and O–H groups in total. The lowest BCUT2D eigenvalue weighted by atomic mass is 10.0. The highest BCUT2D eigenvalue weighted by molar-refractivity contribution is 7.18. The molecule has 29 heavy (non-hydrogen) atoms. The number of ketones is 1. The maximum Gasteiger partial charge on any atom is 0.195 e. The number of hydrogen-bond acceptors (Lipinski definition) is 4. The van der Waals surface area contributed by atoms with Gasteiger partial charge in [0.05, 0.1) is 16.3 Å². The van der Waals surface area contributed by atoms with Crippen molar-refractivity contribution in [1.82, 2.24) is 0 Å². The largest absolute Gasteiger partial charge is 0.496 e. The van der Waals surface area contributed by atoms with E-state index in [0.29, 0.717) is 21.7 Å². The van der Waals surface area contributed by atoms with Crippen molar-refractivity contribution < 1.29 is 14.3 Å². The first kappa shape index (κ1) is 21.2. The van der Waals surface area contributed by atoms with E-state index in [9.17, 15) is 4.79 Å². The van der Waals surface area contributed by atoms with Gasteiger partial charge in [0.1, 0.15) is 18.1 Å². The quantitative estimate of drug-likeness (QED) is 0.287. The van der Waals surface area contributed by atoms with E-state index in [1.54, 1.807) is 31.4 Å². The van der Waals surface area contributed by atoms with Gasteiger partial charge in [-0.1, -0.05) is 49.7 Å². The zero-order valence-electron chi connectivity index (χ0n) is 16.6. The highest BCUT2D eigenvalue weighted by Gasteiger charge is 2.08. The van der Waals surface area contributed by atoms with Crippen LogP contribution in [0.4, 0.5) is 0 Å². The van der Waals surface area contributed by atoms with Gasteiger partial charge in [-0.25, -0.2) is 0 Å². The van der Waals surface area contributed by atoms with Crippen LogP contribution >= 0.6 is 22.9 Å². The lowest BCUT2D eigenvalue weighted by Gasteiger charge is -2.12. The average Bonchev–Trinajstić information content (AvgIpc) is 3.17. The van der Waals surface area contributed by atoms with Crippen LogP contribution in [0.25, 0.3) is 6.08 Å². The first-order valence-electron chi connectivity index (χ1n) is 9.33. The van der Waals surface area contributed by atoms with Gasteiger partial charge in [0, 0.05) is 5.56 Å². The van der Waals surface area contributed by atoms with E-state index in [1.165, 1.54) is 16.9 Å². The normalized spacial score (nSPS) is 11.2. The smallest absolute Gasteiger partial charge is 0.195 e. The van der Waals surface area contributed by atoms with E-state index >= 15 is 0 Å². The van der Waals surface area contributed by atoms with Crippen LogP contribution in [0.3, 0.4) is 0 Å². The molecule has 2 aromatic carbocycles. The Morgan fingerprint density at radius 1 is 1.10 bits per heavy atom. The minimum Gasteiger partial charge on any atom is -0.496 e. The highest BCUT2D eigenvalue weighted by Crippen LogP contribution is 2.25. The van der Waals surface area contributed by atoms with Crippen molar-refractivity contribution in [3.05, 3.63) is 86.6 Å². The summed E-state index contributed by atoms with van der Waals surface area (Å²) in [6.07, 6.45) is 3.34. The van der Waals surface area contributed by atoms with Crippen molar-refractivity contribution in [2.45, 2.75) is 26.4 Å². The van der Waals surface area contributed by atoms with Crippen molar-refractivity contribution in [3.63, 3.8) is 0 Å². The van der Waals surface area contributed by atoms with E-state index in [2.05, 4.69) is 26.0 Å². The molecule has 0 aliphatic carbocycles. The van der Waals surface area contributed by atoms with Crippen LogP contribution in [-0.4, -0.2) is 12.9 Å². The molecule has 1 aromatic heterocycles. The summed E-state index contributed by atoms with van der Waals surface area (Å²) in [5.74, 6) is 1.97. The monoisotopic (exact) mass is 426 g/mol. The van der Waals surface area contributed by atoms with E-state index in [0.717, 1.165) is 22.6 Å². The van der Waals surface area contributed by atoms with Gasteiger partial charge in [0.15, 0.2) is 5.78 Å². The van der Waals surface area contributed by atoms with Crippen LogP contribution in [0.15, 0.2) is 60.7 Å². The zero-order valence-corrected chi connectivity index (χ0v) is 18.2. The van der Waals surface area contributed by atoms with Crippen LogP contribution in [-0.2, 0) is 6.61 Å². The fraction of sp³-hybridized carbons (Fsp3) is 0.208. The molecule has 3 rings (SSSR count). The third-order valence-corrected chi connectivity index (χ3v) is 5.73. The molecule has 3 nitrogen and oxygen atoms in total. The number of carbonyl (C=O) groups excluding carboxylic acids is 1. The number of thiophene rings is 1. The van der Waals surface area contributed by atoms with Crippen LogP contribution in [0.1, 0.15) is 46.1 Å². The molecule has 0 amide bonds. The Labute approximate surface area is 180 Å². The number of hydrogen-bond donors (Lipinski definition) is 0. The summed E-state index contributed by atoms with van der Waals surface area (Å²) in [5.41, 5.74) is 3.09. The summed E-state index contributed by atoms with van der Waals surface area (Å²) >= 11 is 7.17. The minimum absolute atomic E-state index is 0.0687. The van der Waals surface area contributed by atoms with Crippen LogP contribution in [0, 0.1) is 0 Å². The Morgan fingerprint density at radius 3 is 2.48 bits per heavy atom. The number of carbonyl (C=O) groups is 1. The fourth-order valence-corrected chi connectivity index (χ4v) is 3.79. The van der Waals surface area contributed by atoms with Crippen molar-refractivity contribution in [2.75, 3.05) is 7.11 Å². The SMILES string of the molecule is COc1ccc(/C=C/C(=O)c2ccc(Cl)s2)cc1COc1ccc(C(C)C)cc1. The Bertz CT molecular complexity index is 1000. The molecule has 0 bridgehead atoms. The third-order valence-electron chi connectivity index (χ3n) is 4.49. The molecule has 0 saturated carbocycles. The maximum absolute atomic E-state index is 12.2. The zero-order chi connectivity index (χ0) is 20.8. The standard InChI is InChI=1S/C24H23ClO3S/c1-16(2)18-6-8-20(9-7-18)28-15-19-14-17(5-11-22(19)27-3)4-10-21(26)23-12-13-24(25)29-23/h4-14,16H,15H2,1-3H3/b10-4+. The second-order valence-electron chi connectivity index (χ2n) is 6.89. The summed E-state index contributed by atoms with van der Waals surface area (Å²) in [6, 6.07) is 17.3. The van der Waals surface area contributed by atoms with Gasteiger partial charge in [-0.2, -0.15) is 0 Å². The minimum atomic E-state index is -0.0687.